The Labute approximate surface area is 191 Å². The monoisotopic (exact) mass is 445 g/mol. The smallest absolute Gasteiger partial charge is 0.223 e. The van der Waals surface area contributed by atoms with Crippen LogP contribution in [0.15, 0.2) is 24.5 Å². The minimum atomic E-state index is 0.390. The predicted octanol–water partition coefficient (Wildman–Crippen LogP) is 4.22. The number of piperidine rings is 2. The Hall–Kier alpha value is -2.54. The van der Waals surface area contributed by atoms with Gasteiger partial charge in [0, 0.05) is 54.4 Å². The SMILES string of the molecule is O=C1CC[C@H]2CN(c3nc(-c4cccnc4)nc4sc5c(c34)CCC5)CC[C@@H]2N1C1CC1. The molecule has 3 aromatic heterocycles. The second-order valence-electron chi connectivity index (χ2n) is 9.78. The molecule has 7 rings (SSSR count). The lowest BCUT2D eigenvalue weighted by molar-refractivity contribution is -0.140. The van der Waals surface area contributed by atoms with Crippen molar-refractivity contribution in [1.29, 1.82) is 0 Å². The Kier molecular flexibility index (Phi) is 4.29. The molecule has 4 aliphatic rings. The van der Waals surface area contributed by atoms with E-state index in [4.69, 9.17) is 9.97 Å². The van der Waals surface area contributed by atoms with Gasteiger partial charge in [-0.3, -0.25) is 9.78 Å². The minimum Gasteiger partial charge on any atom is -0.356 e. The van der Waals surface area contributed by atoms with Crippen molar-refractivity contribution in [2.24, 2.45) is 5.92 Å². The van der Waals surface area contributed by atoms with Gasteiger partial charge >= 0.3 is 0 Å². The highest BCUT2D eigenvalue weighted by Crippen LogP contribution is 2.44. The predicted molar refractivity (Wildman–Crippen MR) is 126 cm³/mol. The number of carbonyl (C=O) groups excluding carboxylic acids is 1. The van der Waals surface area contributed by atoms with E-state index in [1.165, 1.54) is 41.5 Å². The highest BCUT2D eigenvalue weighted by molar-refractivity contribution is 7.19. The van der Waals surface area contributed by atoms with Gasteiger partial charge in [0.15, 0.2) is 5.82 Å². The van der Waals surface area contributed by atoms with E-state index in [2.05, 4.69) is 14.8 Å². The molecule has 164 valence electrons. The molecule has 1 amide bonds. The van der Waals surface area contributed by atoms with E-state index in [9.17, 15) is 4.79 Å². The van der Waals surface area contributed by atoms with Gasteiger partial charge in [-0.25, -0.2) is 9.97 Å². The highest BCUT2D eigenvalue weighted by Gasteiger charge is 2.45. The number of aryl methyl sites for hydroxylation is 2. The van der Waals surface area contributed by atoms with Crippen molar-refractivity contribution in [3.63, 3.8) is 0 Å². The Balaban J connectivity index is 1.29. The van der Waals surface area contributed by atoms with E-state index in [0.29, 0.717) is 30.3 Å². The molecule has 3 fully saturated rings. The van der Waals surface area contributed by atoms with Crippen molar-refractivity contribution < 1.29 is 4.79 Å². The zero-order valence-corrected chi connectivity index (χ0v) is 19.0. The molecular weight excluding hydrogens is 418 g/mol. The molecule has 3 aromatic rings. The number of fused-ring (bicyclic) bond motifs is 4. The van der Waals surface area contributed by atoms with Crippen LogP contribution in [0.2, 0.25) is 0 Å². The summed E-state index contributed by atoms with van der Waals surface area (Å²) in [6.07, 6.45) is 12.4. The van der Waals surface area contributed by atoms with Crippen LogP contribution in [-0.4, -0.2) is 50.9 Å². The average Bonchev–Trinajstić information content (AvgIpc) is 3.45. The molecule has 0 aromatic carbocycles. The van der Waals surface area contributed by atoms with Crippen LogP contribution in [0.25, 0.3) is 21.6 Å². The van der Waals surface area contributed by atoms with Gasteiger partial charge in [-0.2, -0.15) is 0 Å². The molecule has 6 nitrogen and oxygen atoms in total. The lowest BCUT2D eigenvalue weighted by atomic mass is 9.83. The second kappa shape index (κ2) is 7.24. The van der Waals surface area contributed by atoms with Crippen molar-refractivity contribution in [2.45, 2.75) is 63.5 Å². The first-order chi connectivity index (χ1) is 15.8. The molecule has 32 heavy (non-hydrogen) atoms. The van der Waals surface area contributed by atoms with Gasteiger partial charge in [-0.05, 0) is 68.6 Å². The number of thiophene rings is 1. The van der Waals surface area contributed by atoms with Gasteiger partial charge in [-0.15, -0.1) is 11.3 Å². The van der Waals surface area contributed by atoms with E-state index in [0.717, 1.165) is 54.4 Å². The van der Waals surface area contributed by atoms with Crippen LogP contribution in [0.3, 0.4) is 0 Å². The summed E-state index contributed by atoms with van der Waals surface area (Å²) in [5, 5.41) is 1.29. The summed E-state index contributed by atoms with van der Waals surface area (Å²) in [7, 11) is 0. The first kappa shape index (κ1) is 19.0. The van der Waals surface area contributed by atoms with Crippen molar-refractivity contribution in [1.82, 2.24) is 19.9 Å². The molecule has 0 radical (unpaired) electrons. The second-order valence-corrected chi connectivity index (χ2v) is 10.9. The van der Waals surface area contributed by atoms with Gasteiger partial charge in [0.25, 0.3) is 0 Å². The number of nitrogens with zero attached hydrogens (tertiary/aromatic N) is 5. The molecule has 0 unspecified atom stereocenters. The van der Waals surface area contributed by atoms with Gasteiger partial charge in [-0.1, -0.05) is 0 Å². The maximum atomic E-state index is 12.6. The number of aromatic nitrogens is 3. The third-order valence-corrected chi connectivity index (χ3v) is 8.96. The summed E-state index contributed by atoms with van der Waals surface area (Å²) in [6.45, 7) is 1.95. The zero-order chi connectivity index (χ0) is 21.2. The molecule has 1 saturated carbocycles. The third kappa shape index (κ3) is 2.97. The normalized spacial score (nSPS) is 25.3. The number of amides is 1. The summed E-state index contributed by atoms with van der Waals surface area (Å²) in [5.41, 5.74) is 2.46. The first-order valence-electron chi connectivity index (χ1n) is 12.0. The Bertz CT molecular complexity index is 1200. The average molecular weight is 446 g/mol. The quantitative estimate of drug-likeness (QED) is 0.604. The topological polar surface area (TPSA) is 62.2 Å². The van der Waals surface area contributed by atoms with Gasteiger partial charge < -0.3 is 9.80 Å². The number of pyridine rings is 1. The summed E-state index contributed by atoms with van der Waals surface area (Å²) in [5.74, 6) is 2.82. The molecule has 2 atom stereocenters. The van der Waals surface area contributed by atoms with Crippen LogP contribution in [0.1, 0.15) is 49.0 Å². The van der Waals surface area contributed by atoms with Crippen LogP contribution in [0.4, 0.5) is 5.82 Å². The fourth-order valence-corrected chi connectivity index (χ4v) is 7.40. The van der Waals surface area contributed by atoms with Crippen molar-refractivity contribution >= 4 is 33.3 Å². The summed E-state index contributed by atoms with van der Waals surface area (Å²) in [4.78, 5) is 34.5. The molecule has 5 heterocycles. The number of rotatable bonds is 3. The van der Waals surface area contributed by atoms with E-state index in [1.807, 2.05) is 29.7 Å². The minimum absolute atomic E-state index is 0.390. The number of hydrogen-bond acceptors (Lipinski definition) is 6. The fourth-order valence-electron chi connectivity index (χ4n) is 6.14. The Morgan fingerprint density at radius 3 is 2.84 bits per heavy atom. The lowest BCUT2D eigenvalue weighted by Crippen LogP contribution is -2.56. The zero-order valence-electron chi connectivity index (χ0n) is 18.2. The van der Waals surface area contributed by atoms with Gasteiger partial charge in [0.05, 0.1) is 5.39 Å². The highest BCUT2D eigenvalue weighted by atomic mass is 32.1. The summed E-state index contributed by atoms with van der Waals surface area (Å²) in [6, 6.07) is 4.94. The van der Waals surface area contributed by atoms with Crippen LogP contribution in [-0.2, 0) is 17.6 Å². The maximum absolute atomic E-state index is 12.6. The molecule has 2 saturated heterocycles. The molecule has 0 bridgehead atoms. The molecule has 2 aliphatic heterocycles. The lowest BCUT2D eigenvalue weighted by Gasteiger charge is -2.47. The van der Waals surface area contributed by atoms with Crippen LogP contribution >= 0.6 is 11.3 Å². The molecule has 7 heteroatoms. The largest absolute Gasteiger partial charge is 0.356 e. The molecular formula is C25H27N5OS. The molecule has 2 aliphatic carbocycles. The Morgan fingerprint density at radius 2 is 2.00 bits per heavy atom. The third-order valence-electron chi connectivity index (χ3n) is 7.77. The van der Waals surface area contributed by atoms with E-state index < -0.39 is 0 Å². The molecule has 0 spiro atoms. The van der Waals surface area contributed by atoms with Crippen molar-refractivity contribution in [3.05, 3.63) is 35.0 Å². The maximum Gasteiger partial charge on any atom is 0.223 e. The van der Waals surface area contributed by atoms with Crippen LogP contribution in [0, 0.1) is 5.92 Å². The fraction of sp³-hybridized carbons (Fsp3) is 0.520. The van der Waals surface area contributed by atoms with Crippen molar-refractivity contribution in [3.8, 4) is 11.4 Å². The number of hydrogen-bond donors (Lipinski definition) is 0. The number of likely N-dealkylation sites (tertiary alicyclic amines) is 1. The van der Waals surface area contributed by atoms with Gasteiger partial charge in [0.1, 0.15) is 10.6 Å². The van der Waals surface area contributed by atoms with Crippen LogP contribution in [0.5, 0.6) is 0 Å². The van der Waals surface area contributed by atoms with Crippen molar-refractivity contribution in [2.75, 3.05) is 18.0 Å². The van der Waals surface area contributed by atoms with Crippen LogP contribution < -0.4 is 4.90 Å². The first-order valence-corrected chi connectivity index (χ1v) is 12.9. The Morgan fingerprint density at radius 1 is 1.06 bits per heavy atom. The van der Waals surface area contributed by atoms with E-state index in [1.54, 1.807) is 6.20 Å². The standard InChI is InChI=1S/C25H27N5OS/c31-21-9-6-16-14-29(12-10-19(16)30(21)17-7-8-17)24-22-18-4-1-5-20(18)32-25(22)28-23(27-24)15-3-2-11-26-13-15/h2-3,11,13,16-17,19H,1,4-10,12,14H2/t16-,19-/m0/s1. The number of anilines is 1. The van der Waals surface area contributed by atoms with E-state index >= 15 is 0 Å². The van der Waals surface area contributed by atoms with Gasteiger partial charge in [0.2, 0.25) is 5.91 Å². The summed E-state index contributed by atoms with van der Waals surface area (Å²) < 4.78 is 0. The molecule has 0 N–H and O–H groups in total. The summed E-state index contributed by atoms with van der Waals surface area (Å²) >= 11 is 1.86. The van der Waals surface area contributed by atoms with E-state index in [-0.39, 0.29) is 0 Å². The number of carbonyl (C=O) groups is 1.